The second-order valence-corrected chi connectivity index (χ2v) is 8.31. The van der Waals surface area contributed by atoms with Crippen LogP contribution in [0.2, 0.25) is 5.15 Å². The summed E-state index contributed by atoms with van der Waals surface area (Å²) in [4.78, 5) is 36.9. The Balaban J connectivity index is 1.55. The second-order valence-electron chi connectivity index (χ2n) is 6.93. The van der Waals surface area contributed by atoms with E-state index in [1.54, 1.807) is 31.3 Å². The molecule has 0 aliphatic carbocycles. The van der Waals surface area contributed by atoms with Crippen LogP contribution in [0.25, 0.3) is 10.6 Å². The van der Waals surface area contributed by atoms with Crippen molar-refractivity contribution in [2.45, 2.75) is 20.1 Å². The van der Waals surface area contributed by atoms with E-state index in [2.05, 4.69) is 20.3 Å². The van der Waals surface area contributed by atoms with Crippen LogP contribution in [0.5, 0.6) is 5.75 Å². The summed E-state index contributed by atoms with van der Waals surface area (Å²) in [5.74, 6) is 0.130. The minimum atomic E-state index is -0.346. The first-order valence-electron chi connectivity index (χ1n) is 9.76. The number of carbonyl (C=O) groups excluding carboxylic acids is 1. The molecule has 9 heteroatoms. The van der Waals surface area contributed by atoms with Crippen molar-refractivity contribution in [2.24, 2.45) is 0 Å². The predicted molar refractivity (Wildman–Crippen MR) is 124 cm³/mol. The summed E-state index contributed by atoms with van der Waals surface area (Å²) in [6.45, 7) is 2.35. The van der Waals surface area contributed by atoms with E-state index < -0.39 is 0 Å². The number of thiazole rings is 1. The van der Waals surface area contributed by atoms with E-state index in [4.69, 9.17) is 16.3 Å². The SMILES string of the molecule is Cc1nc(-c2c(OCc3ccc(Cl)nc3)cc[nH]c2=O)sc1C(=O)NCc1ccccc1. The fraction of sp³-hybridized carbons (Fsp3) is 0.130. The van der Waals surface area contributed by atoms with Gasteiger partial charge in [-0.1, -0.05) is 48.0 Å². The van der Waals surface area contributed by atoms with Gasteiger partial charge >= 0.3 is 0 Å². The second kappa shape index (κ2) is 9.76. The minimum Gasteiger partial charge on any atom is -0.488 e. The molecule has 2 N–H and O–H groups in total. The zero-order chi connectivity index (χ0) is 22.5. The third-order valence-corrected chi connectivity index (χ3v) is 6.02. The highest BCUT2D eigenvalue weighted by Gasteiger charge is 2.21. The van der Waals surface area contributed by atoms with E-state index in [0.29, 0.717) is 33.0 Å². The third kappa shape index (κ3) is 5.04. The molecule has 0 fully saturated rings. The molecular formula is C23H19ClN4O3S. The first kappa shape index (κ1) is 21.7. The molecule has 3 heterocycles. The Labute approximate surface area is 193 Å². The molecule has 1 amide bonds. The van der Waals surface area contributed by atoms with Crippen LogP contribution in [0.3, 0.4) is 0 Å². The molecule has 32 heavy (non-hydrogen) atoms. The number of hydrogen-bond acceptors (Lipinski definition) is 6. The quantitative estimate of drug-likeness (QED) is 0.394. The van der Waals surface area contributed by atoms with Crippen LogP contribution >= 0.6 is 22.9 Å². The Morgan fingerprint density at radius 1 is 1.16 bits per heavy atom. The number of benzene rings is 1. The molecule has 0 aliphatic heterocycles. The number of aromatic nitrogens is 3. The number of pyridine rings is 2. The number of carbonyl (C=O) groups is 1. The average molecular weight is 467 g/mol. The highest BCUT2D eigenvalue weighted by molar-refractivity contribution is 7.17. The number of amides is 1. The monoisotopic (exact) mass is 466 g/mol. The third-order valence-electron chi connectivity index (χ3n) is 4.62. The van der Waals surface area contributed by atoms with Gasteiger partial charge in [0.2, 0.25) is 0 Å². The first-order valence-corrected chi connectivity index (χ1v) is 11.0. The number of aryl methyl sites for hydroxylation is 1. The van der Waals surface area contributed by atoms with Crippen molar-refractivity contribution in [3.63, 3.8) is 0 Å². The van der Waals surface area contributed by atoms with Gasteiger partial charge in [0, 0.05) is 24.5 Å². The number of aromatic amines is 1. The lowest BCUT2D eigenvalue weighted by atomic mass is 10.2. The van der Waals surface area contributed by atoms with Crippen molar-refractivity contribution in [1.29, 1.82) is 0 Å². The average Bonchev–Trinajstić information content (AvgIpc) is 3.19. The van der Waals surface area contributed by atoms with E-state index in [-0.39, 0.29) is 23.6 Å². The van der Waals surface area contributed by atoms with Crippen molar-refractivity contribution in [3.05, 3.63) is 98.1 Å². The molecule has 3 aromatic heterocycles. The summed E-state index contributed by atoms with van der Waals surface area (Å²) in [6, 6.07) is 14.8. The Morgan fingerprint density at radius 2 is 1.97 bits per heavy atom. The summed E-state index contributed by atoms with van der Waals surface area (Å²) < 4.78 is 5.88. The summed E-state index contributed by atoms with van der Waals surface area (Å²) in [5, 5.41) is 3.70. The molecule has 162 valence electrons. The van der Waals surface area contributed by atoms with Crippen LogP contribution in [-0.4, -0.2) is 20.9 Å². The highest BCUT2D eigenvalue weighted by atomic mass is 35.5. The Hall–Kier alpha value is -3.49. The maximum Gasteiger partial charge on any atom is 0.263 e. The van der Waals surface area contributed by atoms with E-state index in [0.717, 1.165) is 22.5 Å². The van der Waals surface area contributed by atoms with Gasteiger partial charge in [0.05, 0.1) is 5.69 Å². The zero-order valence-corrected chi connectivity index (χ0v) is 18.7. The van der Waals surface area contributed by atoms with E-state index in [1.807, 2.05) is 30.3 Å². The molecule has 0 bridgehead atoms. The molecule has 1 aromatic carbocycles. The highest BCUT2D eigenvalue weighted by Crippen LogP contribution is 2.32. The number of rotatable bonds is 7. The Bertz CT molecular complexity index is 1290. The molecule has 0 saturated carbocycles. The topological polar surface area (TPSA) is 97.0 Å². The maximum absolute atomic E-state index is 12.7. The lowest BCUT2D eigenvalue weighted by Crippen LogP contribution is -2.22. The van der Waals surface area contributed by atoms with Gasteiger partial charge in [0.15, 0.2) is 0 Å². The van der Waals surface area contributed by atoms with Crippen LogP contribution in [0.1, 0.15) is 26.5 Å². The van der Waals surface area contributed by atoms with Gasteiger partial charge in [-0.2, -0.15) is 0 Å². The number of H-pyrrole nitrogens is 1. The number of nitrogens with zero attached hydrogens (tertiary/aromatic N) is 2. The molecule has 7 nitrogen and oxygen atoms in total. The lowest BCUT2D eigenvalue weighted by Gasteiger charge is -2.09. The number of halogens is 1. The fourth-order valence-electron chi connectivity index (χ4n) is 3.01. The van der Waals surface area contributed by atoms with Crippen LogP contribution in [-0.2, 0) is 13.2 Å². The molecule has 0 spiro atoms. The molecular weight excluding hydrogens is 448 g/mol. The summed E-state index contributed by atoms with van der Waals surface area (Å²) in [6.07, 6.45) is 3.12. The van der Waals surface area contributed by atoms with Crippen molar-refractivity contribution < 1.29 is 9.53 Å². The first-order chi connectivity index (χ1) is 15.5. The molecule has 0 radical (unpaired) electrons. The van der Waals surface area contributed by atoms with Crippen LogP contribution in [0.4, 0.5) is 0 Å². The molecule has 4 aromatic rings. The minimum absolute atomic E-state index is 0.204. The Morgan fingerprint density at radius 3 is 2.72 bits per heavy atom. The lowest BCUT2D eigenvalue weighted by molar-refractivity contribution is 0.0954. The van der Waals surface area contributed by atoms with Crippen molar-refractivity contribution in [2.75, 3.05) is 0 Å². The van der Waals surface area contributed by atoms with E-state index >= 15 is 0 Å². The number of hydrogen-bond donors (Lipinski definition) is 2. The van der Waals surface area contributed by atoms with Gasteiger partial charge in [0.25, 0.3) is 11.5 Å². The summed E-state index contributed by atoms with van der Waals surface area (Å²) in [5.41, 5.74) is 2.28. The summed E-state index contributed by atoms with van der Waals surface area (Å²) in [7, 11) is 0. The van der Waals surface area contributed by atoms with Gasteiger partial charge in [0.1, 0.15) is 33.0 Å². The zero-order valence-electron chi connectivity index (χ0n) is 17.1. The molecule has 4 rings (SSSR count). The van der Waals surface area contributed by atoms with Crippen molar-refractivity contribution >= 4 is 28.8 Å². The van der Waals surface area contributed by atoms with Gasteiger partial charge < -0.3 is 15.0 Å². The fourth-order valence-corrected chi connectivity index (χ4v) is 4.15. The normalized spacial score (nSPS) is 10.7. The van der Waals surface area contributed by atoms with Gasteiger partial charge in [-0.25, -0.2) is 9.97 Å². The van der Waals surface area contributed by atoms with Crippen LogP contribution in [0, 0.1) is 6.92 Å². The van der Waals surface area contributed by atoms with Gasteiger partial charge in [-0.05, 0) is 24.6 Å². The number of ether oxygens (including phenoxy) is 1. The van der Waals surface area contributed by atoms with Gasteiger partial charge in [-0.15, -0.1) is 11.3 Å². The van der Waals surface area contributed by atoms with Crippen LogP contribution < -0.4 is 15.6 Å². The number of nitrogens with one attached hydrogen (secondary N) is 2. The van der Waals surface area contributed by atoms with Crippen LogP contribution in [0.15, 0.2) is 65.7 Å². The predicted octanol–water partition coefficient (Wildman–Crippen LogP) is 4.36. The molecule has 0 unspecified atom stereocenters. The van der Waals surface area contributed by atoms with Crippen molar-refractivity contribution in [1.82, 2.24) is 20.3 Å². The maximum atomic E-state index is 12.7. The van der Waals surface area contributed by atoms with E-state index in [1.165, 1.54) is 6.20 Å². The Kier molecular flexibility index (Phi) is 6.63. The van der Waals surface area contributed by atoms with Gasteiger partial charge in [-0.3, -0.25) is 9.59 Å². The van der Waals surface area contributed by atoms with E-state index in [9.17, 15) is 9.59 Å². The van der Waals surface area contributed by atoms with Crippen molar-refractivity contribution in [3.8, 4) is 16.3 Å². The summed E-state index contributed by atoms with van der Waals surface area (Å²) >= 11 is 6.97. The smallest absolute Gasteiger partial charge is 0.263 e. The standard InChI is InChI=1S/C23H19ClN4O3S/c1-14-20(22(30)27-11-15-5-3-2-4-6-15)32-23(28-14)19-17(9-10-25-21(19)29)31-13-16-7-8-18(24)26-12-16/h2-10,12H,11,13H2,1H3,(H,25,29)(H,27,30). The molecule has 0 saturated heterocycles. The largest absolute Gasteiger partial charge is 0.488 e. The molecule has 0 aliphatic rings. The molecule has 0 atom stereocenters.